The molecule has 4 unspecified atom stereocenters. The second-order valence-electron chi connectivity index (χ2n) is 6.90. The summed E-state index contributed by atoms with van der Waals surface area (Å²) in [7, 11) is 0. The summed E-state index contributed by atoms with van der Waals surface area (Å²) in [6.07, 6.45) is 2.34. The molecular weight excluding hydrogens is 388 g/mol. The van der Waals surface area contributed by atoms with Gasteiger partial charge >= 0.3 is 5.97 Å². The fourth-order valence-corrected chi connectivity index (χ4v) is 2.71. The van der Waals surface area contributed by atoms with Crippen molar-refractivity contribution in [2.75, 3.05) is 18.6 Å². The highest BCUT2D eigenvalue weighted by molar-refractivity contribution is 7.98. The summed E-state index contributed by atoms with van der Waals surface area (Å²) in [4.78, 5) is 47.9. The van der Waals surface area contributed by atoms with E-state index in [9.17, 15) is 29.4 Å². The number of carboxylic acid groups (broad SMARTS) is 1. The van der Waals surface area contributed by atoms with Crippen molar-refractivity contribution in [1.29, 1.82) is 0 Å². The van der Waals surface area contributed by atoms with Gasteiger partial charge in [-0.15, -0.1) is 0 Å². The maximum Gasteiger partial charge on any atom is 0.326 e. The predicted molar refractivity (Wildman–Crippen MR) is 107 cm³/mol. The van der Waals surface area contributed by atoms with Crippen LogP contribution in [-0.2, 0) is 19.2 Å². The summed E-state index contributed by atoms with van der Waals surface area (Å²) in [5, 5.41) is 25.9. The number of hydrogen-bond acceptors (Lipinski definition) is 7. The molecule has 0 bridgehead atoms. The van der Waals surface area contributed by atoms with E-state index < -0.39 is 54.5 Å². The van der Waals surface area contributed by atoms with Gasteiger partial charge < -0.3 is 31.9 Å². The van der Waals surface area contributed by atoms with Gasteiger partial charge in [-0.1, -0.05) is 13.8 Å². The molecule has 0 aliphatic rings. The Balaban J connectivity index is 5.09. The molecular formula is C17H32N4O6S. The Labute approximate surface area is 169 Å². The van der Waals surface area contributed by atoms with Crippen LogP contribution in [0.5, 0.6) is 0 Å². The summed E-state index contributed by atoms with van der Waals surface area (Å²) in [5.41, 5.74) is 5.50. The molecule has 4 atom stereocenters. The van der Waals surface area contributed by atoms with Gasteiger partial charge in [0.1, 0.15) is 18.1 Å². The molecule has 0 heterocycles. The van der Waals surface area contributed by atoms with E-state index in [1.807, 2.05) is 20.1 Å². The van der Waals surface area contributed by atoms with E-state index in [0.29, 0.717) is 12.2 Å². The van der Waals surface area contributed by atoms with Crippen LogP contribution in [-0.4, -0.2) is 76.7 Å². The first kappa shape index (κ1) is 26.1. The molecule has 0 fully saturated rings. The topological polar surface area (TPSA) is 171 Å². The number of thioether (sulfide) groups is 1. The number of aliphatic hydroxyl groups excluding tert-OH is 1. The van der Waals surface area contributed by atoms with Crippen LogP contribution < -0.4 is 21.7 Å². The van der Waals surface area contributed by atoms with E-state index in [1.165, 1.54) is 18.7 Å². The van der Waals surface area contributed by atoms with Crippen LogP contribution in [0.4, 0.5) is 0 Å². The van der Waals surface area contributed by atoms with E-state index in [4.69, 9.17) is 5.73 Å². The number of carboxylic acids is 1. The lowest BCUT2D eigenvalue weighted by atomic mass is 10.0. The third kappa shape index (κ3) is 9.90. The Hall–Kier alpha value is -1.85. The summed E-state index contributed by atoms with van der Waals surface area (Å²) in [6, 6.07) is -4.22. The smallest absolute Gasteiger partial charge is 0.326 e. The van der Waals surface area contributed by atoms with Gasteiger partial charge in [-0.25, -0.2) is 4.79 Å². The fraction of sp³-hybridized carbons (Fsp3) is 0.765. The number of aliphatic carboxylic acids is 1. The van der Waals surface area contributed by atoms with E-state index in [0.717, 1.165) is 0 Å². The summed E-state index contributed by atoms with van der Waals surface area (Å²) < 4.78 is 0. The van der Waals surface area contributed by atoms with Crippen molar-refractivity contribution >= 4 is 35.5 Å². The summed E-state index contributed by atoms with van der Waals surface area (Å²) in [6.45, 7) is 4.38. The SMILES string of the molecule is CSCCC(NC(=O)C(C)N)C(=O)NC(CO)C(=O)NC(CC(C)C)C(=O)O. The van der Waals surface area contributed by atoms with Crippen LogP contribution in [0.15, 0.2) is 0 Å². The van der Waals surface area contributed by atoms with Crippen molar-refractivity contribution in [3.8, 4) is 0 Å². The van der Waals surface area contributed by atoms with Crippen LogP contribution in [0.25, 0.3) is 0 Å². The quantitative estimate of drug-likeness (QED) is 0.213. The zero-order valence-electron chi connectivity index (χ0n) is 16.7. The molecule has 0 aliphatic carbocycles. The minimum absolute atomic E-state index is 0.0213. The van der Waals surface area contributed by atoms with Gasteiger partial charge in [0, 0.05) is 0 Å². The minimum Gasteiger partial charge on any atom is -0.480 e. The predicted octanol–water partition coefficient (Wildman–Crippen LogP) is -1.34. The first-order chi connectivity index (χ1) is 13.0. The standard InChI is InChI=1S/C17H32N4O6S/c1-9(2)7-12(17(26)27)20-16(25)13(8-22)21-15(24)11(5-6-28-4)19-14(23)10(3)18/h9-13,22H,5-8,18H2,1-4H3,(H,19,23)(H,20,25)(H,21,24)(H,26,27). The molecule has 10 nitrogen and oxygen atoms in total. The van der Waals surface area contributed by atoms with Crippen LogP contribution in [0.1, 0.15) is 33.6 Å². The molecule has 28 heavy (non-hydrogen) atoms. The minimum atomic E-state index is -1.34. The maximum atomic E-state index is 12.5. The number of rotatable bonds is 13. The average Bonchev–Trinajstić information content (AvgIpc) is 2.61. The first-order valence-electron chi connectivity index (χ1n) is 9.02. The molecule has 0 radical (unpaired) electrons. The van der Waals surface area contributed by atoms with Crippen LogP contribution in [0.2, 0.25) is 0 Å². The van der Waals surface area contributed by atoms with E-state index in [2.05, 4.69) is 16.0 Å². The van der Waals surface area contributed by atoms with Crippen molar-refractivity contribution in [2.24, 2.45) is 11.7 Å². The van der Waals surface area contributed by atoms with Crippen molar-refractivity contribution < 1.29 is 29.4 Å². The summed E-state index contributed by atoms with van der Waals surface area (Å²) >= 11 is 1.47. The van der Waals surface area contributed by atoms with Crippen LogP contribution in [0, 0.1) is 5.92 Å². The first-order valence-corrected chi connectivity index (χ1v) is 10.4. The lowest BCUT2D eigenvalue weighted by Gasteiger charge is -2.24. The highest BCUT2D eigenvalue weighted by Gasteiger charge is 2.29. The van der Waals surface area contributed by atoms with Gasteiger partial charge in [0.2, 0.25) is 17.7 Å². The average molecular weight is 421 g/mol. The third-order valence-corrected chi connectivity index (χ3v) is 4.44. The second-order valence-corrected chi connectivity index (χ2v) is 7.89. The summed E-state index contributed by atoms with van der Waals surface area (Å²) in [5.74, 6) is -2.60. The third-order valence-electron chi connectivity index (χ3n) is 3.79. The van der Waals surface area contributed by atoms with E-state index >= 15 is 0 Å². The van der Waals surface area contributed by atoms with Gasteiger partial charge in [0.05, 0.1) is 12.6 Å². The zero-order valence-corrected chi connectivity index (χ0v) is 17.5. The maximum absolute atomic E-state index is 12.5. The monoisotopic (exact) mass is 420 g/mol. The van der Waals surface area contributed by atoms with Gasteiger partial charge in [-0.05, 0) is 37.7 Å². The number of amides is 3. The lowest BCUT2D eigenvalue weighted by molar-refractivity contribution is -0.143. The number of aliphatic hydroxyl groups is 1. The number of carbonyl (C=O) groups is 4. The van der Waals surface area contributed by atoms with E-state index in [1.54, 1.807) is 0 Å². The Bertz CT molecular complexity index is 544. The molecule has 0 aromatic heterocycles. The Morgan fingerprint density at radius 1 is 0.929 bits per heavy atom. The molecule has 0 spiro atoms. The Kier molecular flexibility index (Phi) is 12.5. The largest absolute Gasteiger partial charge is 0.480 e. The molecule has 0 rings (SSSR count). The molecule has 0 aromatic rings. The van der Waals surface area contributed by atoms with Crippen molar-refractivity contribution in [3.05, 3.63) is 0 Å². The highest BCUT2D eigenvalue weighted by Crippen LogP contribution is 2.06. The fourth-order valence-electron chi connectivity index (χ4n) is 2.24. The second kappa shape index (κ2) is 13.3. The van der Waals surface area contributed by atoms with Crippen LogP contribution in [0.3, 0.4) is 0 Å². The molecule has 0 saturated carbocycles. The number of carbonyl (C=O) groups excluding carboxylic acids is 3. The molecule has 162 valence electrons. The Morgan fingerprint density at radius 2 is 1.43 bits per heavy atom. The molecule has 0 aliphatic heterocycles. The van der Waals surface area contributed by atoms with Gasteiger partial charge in [-0.2, -0.15) is 11.8 Å². The van der Waals surface area contributed by atoms with Crippen molar-refractivity contribution in [1.82, 2.24) is 16.0 Å². The van der Waals surface area contributed by atoms with Gasteiger partial charge in [0.25, 0.3) is 0 Å². The lowest BCUT2D eigenvalue weighted by Crippen LogP contribution is -2.58. The van der Waals surface area contributed by atoms with Gasteiger partial charge in [0.15, 0.2) is 0 Å². The molecule has 11 heteroatoms. The van der Waals surface area contributed by atoms with Gasteiger partial charge in [-0.3, -0.25) is 14.4 Å². The van der Waals surface area contributed by atoms with Crippen LogP contribution >= 0.6 is 11.8 Å². The van der Waals surface area contributed by atoms with E-state index in [-0.39, 0.29) is 12.3 Å². The zero-order chi connectivity index (χ0) is 21.9. The highest BCUT2D eigenvalue weighted by atomic mass is 32.2. The Morgan fingerprint density at radius 3 is 1.86 bits per heavy atom. The number of nitrogens with one attached hydrogen (secondary N) is 3. The molecule has 0 aromatic carbocycles. The van der Waals surface area contributed by atoms with Crippen molar-refractivity contribution in [2.45, 2.75) is 57.8 Å². The molecule has 0 saturated heterocycles. The normalized spacial score (nSPS) is 15.2. The number of nitrogens with two attached hydrogens (primary N) is 1. The van der Waals surface area contributed by atoms with Crippen molar-refractivity contribution in [3.63, 3.8) is 0 Å². The molecule has 7 N–H and O–H groups in total. The molecule has 3 amide bonds. The number of hydrogen-bond donors (Lipinski definition) is 6.